The third kappa shape index (κ3) is 4.54. The fourth-order valence-electron chi connectivity index (χ4n) is 1.60. The van der Waals surface area contributed by atoms with Crippen molar-refractivity contribution in [2.24, 2.45) is 0 Å². The van der Waals surface area contributed by atoms with E-state index in [-0.39, 0.29) is 23.0 Å². The number of aromatic carboxylic acids is 1. The molecule has 0 saturated heterocycles. The fraction of sp³-hybridized carbons (Fsp3) is 0.385. The summed E-state index contributed by atoms with van der Waals surface area (Å²) >= 11 is 0. The Morgan fingerprint density at radius 2 is 1.76 bits per heavy atom. The van der Waals surface area contributed by atoms with Crippen LogP contribution < -0.4 is 5.32 Å². The summed E-state index contributed by atoms with van der Waals surface area (Å²) in [5.74, 6) is -1.54. The van der Waals surface area contributed by atoms with E-state index in [9.17, 15) is 18.0 Å². The SMILES string of the molecule is CC(C)NC(=O)CN(C)S(=O)(=O)c1ccc(C(=O)O)cc1. The van der Waals surface area contributed by atoms with Crippen LogP contribution in [0.2, 0.25) is 0 Å². The molecule has 2 N–H and O–H groups in total. The number of carbonyl (C=O) groups excluding carboxylic acids is 1. The predicted octanol–water partition coefficient (Wildman–Crippen LogP) is 0.530. The van der Waals surface area contributed by atoms with Crippen LogP contribution in [0, 0.1) is 0 Å². The lowest BCUT2D eigenvalue weighted by Crippen LogP contribution is -2.40. The molecule has 0 aliphatic rings. The van der Waals surface area contributed by atoms with Crippen LogP contribution in [-0.4, -0.2) is 49.3 Å². The van der Waals surface area contributed by atoms with Crippen LogP contribution >= 0.6 is 0 Å². The summed E-state index contributed by atoms with van der Waals surface area (Å²) in [5, 5.41) is 11.4. The highest BCUT2D eigenvalue weighted by Crippen LogP contribution is 2.15. The molecule has 0 aliphatic carbocycles. The van der Waals surface area contributed by atoms with Crippen molar-refractivity contribution in [2.45, 2.75) is 24.8 Å². The molecule has 0 heterocycles. The Kier molecular flexibility index (Phi) is 5.45. The van der Waals surface area contributed by atoms with E-state index in [0.717, 1.165) is 4.31 Å². The van der Waals surface area contributed by atoms with Crippen molar-refractivity contribution in [1.29, 1.82) is 0 Å². The summed E-state index contributed by atoms with van der Waals surface area (Å²) in [6.45, 7) is 3.25. The molecule has 1 amide bonds. The lowest BCUT2D eigenvalue weighted by Gasteiger charge is -2.18. The van der Waals surface area contributed by atoms with Crippen molar-refractivity contribution in [3.05, 3.63) is 29.8 Å². The number of nitrogens with zero attached hydrogens (tertiary/aromatic N) is 1. The topological polar surface area (TPSA) is 104 Å². The standard InChI is InChI=1S/C13H18N2O5S/c1-9(2)14-12(16)8-15(3)21(19,20)11-6-4-10(5-7-11)13(17)18/h4-7,9H,8H2,1-3H3,(H,14,16)(H,17,18). The van der Waals surface area contributed by atoms with Gasteiger partial charge in [-0.2, -0.15) is 4.31 Å². The number of sulfonamides is 1. The maximum atomic E-state index is 12.2. The molecule has 1 aromatic rings. The molecule has 0 atom stereocenters. The molecular formula is C13H18N2O5S. The monoisotopic (exact) mass is 314 g/mol. The lowest BCUT2D eigenvalue weighted by molar-refractivity contribution is -0.121. The van der Waals surface area contributed by atoms with E-state index < -0.39 is 21.9 Å². The Morgan fingerprint density at radius 1 is 1.24 bits per heavy atom. The molecule has 0 radical (unpaired) electrons. The van der Waals surface area contributed by atoms with Crippen molar-refractivity contribution in [3.8, 4) is 0 Å². The van der Waals surface area contributed by atoms with E-state index in [1.807, 2.05) is 0 Å². The van der Waals surface area contributed by atoms with Gasteiger partial charge in [-0.3, -0.25) is 4.79 Å². The lowest BCUT2D eigenvalue weighted by atomic mass is 10.2. The summed E-state index contributed by atoms with van der Waals surface area (Å²) < 4.78 is 25.4. The van der Waals surface area contributed by atoms with Crippen LogP contribution in [-0.2, 0) is 14.8 Å². The van der Waals surface area contributed by atoms with E-state index in [0.29, 0.717) is 0 Å². The zero-order valence-corrected chi connectivity index (χ0v) is 12.8. The number of rotatable bonds is 6. The third-order valence-corrected chi connectivity index (χ3v) is 4.44. The van der Waals surface area contributed by atoms with Crippen molar-refractivity contribution in [3.63, 3.8) is 0 Å². The number of benzene rings is 1. The van der Waals surface area contributed by atoms with E-state index in [2.05, 4.69) is 5.32 Å². The molecule has 8 heteroatoms. The summed E-state index contributed by atoms with van der Waals surface area (Å²) in [6, 6.07) is 4.74. The molecular weight excluding hydrogens is 296 g/mol. The van der Waals surface area contributed by atoms with Gasteiger partial charge in [-0.25, -0.2) is 13.2 Å². The van der Waals surface area contributed by atoms with Crippen LogP contribution in [0.4, 0.5) is 0 Å². The average molecular weight is 314 g/mol. The Labute approximate surface area is 123 Å². The minimum absolute atomic E-state index is 0.00541. The number of carboxylic acid groups (broad SMARTS) is 1. The third-order valence-electron chi connectivity index (χ3n) is 2.63. The van der Waals surface area contributed by atoms with Gasteiger partial charge in [-0.1, -0.05) is 0 Å². The highest BCUT2D eigenvalue weighted by molar-refractivity contribution is 7.89. The van der Waals surface area contributed by atoms with Crippen LogP contribution in [0.5, 0.6) is 0 Å². The molecule has 0 fully saturated rings. The van der Waals surface area contributed by atoms with Gasteiger partial charge >= 0.3 is 5.97 Å². The predicted molar refractivity (Wildman–Crippen MR) is 76.5 cm³/mol. The van der Waals surface area contributed by atoms with Gasteiger partial charge in [0.1, 0.15) is 0 Å². The zero-order chi connectivity index (χ0) is 16.2. The first-order chi connectivity index (χ1) is 9.64. The number of hydrogen-bond acceptors (Lipinski definition) is 4. The zero-order valence-electron chi connectivity index (χ0n) is 12.0. The Balaban J connectivity index is 2.89. The minimum Gasteiger partial charge on any atom is -0.478 e. The molecule has 1 rings (SSSR count). The second-order valence-corrected chi connectivity index (χ2v) is 6.86. The Morgan fingerprint density at radius 3 is 2.19 bits per heavy atom. The average Bonchev–Trinajstić information content (AvgIpc) is 2.37. The smallest absolute Gasteiger partial charge is 0.335 e. The highest BCUT2D eigenvalue weighted by Gasteiger charge is 2.23. The maximum Gasteiger partial charge on any atom is 0.335 e. The molecule has 21 heavy (non-hydrogen) atoms. The number of nitrogens with one attached hydrogen (secondary N) is 1. The number of carboxylic acids is 1. The molecule has 116 valence electrons. The molecule has 0 bridgehead atoms. The van der Waals surface area contributed by atoms with Crippen LogP contribution in [0.1, 0.15) is 24.2 Å². The van der Waals surface area contributed by atoms with Crippen LogP contribution in [0.3, 0.4) is 0 Å². The number of likely N-dealkylation sites (N-methyl/N-ethyl adjacent to an activating group) is 1. The van der Waals surface area contributed by atoms with Gasteiger partial charge in [0.15, 0.2) is 0 Å². The summed E-state index contributed by atoms with van der Waals surface area (Å²) in [4.78, 5) is 22.3. The van der Waals surface area contributed by atoms with Gasteiger partial charge in [0.25, 0.3) is 0 Å². The second-order valence-electron chi connectivity index (χ2n) is 4.81. The first-order valence-electron chi connectivity index (χ1n) is 6.23. The fourth-order valence-corrected chi connectivity index (χ4v) is 2.73. The van der Waals surface area contributed by atoms with Gasteiger partial charge in [-0.05, 0) is 38.1 Å². The second kappa shape index (κ2) is 6.68. The normalized spacial score (nSPS) is 11.7. The first-order valence-corrected chi connectivity index (χ1v) is 7.67. The first kappa shape index (κ1) is 17.1. The van der Waals surface area contributed by atoms with E-state index in [1.165, 1.54) is 31.3 Å². The van der Waals surface area contributed by atoms with Crippen molar-refractivity contribution >= 4 is 21.9 Å². The number of amides is 1. The summed E-state index contributed by atoms with van der Waals surface area (Å²) in [5.41, 5.74) is -0.00541. The molecule has 0 unspecified atom stereocenters. The van der Waals surface area contributed by atoms with E-state index >= 15 is 0 Å². The van der Waals surface area contributed by atoms with Gasteiger partial charge < -0.3 is 10.4 Å². The highest BCUT2D eigenvalue weighted by atomic mass is 32.2. The van der Waals surface area contributed by atoms with Crippen LogP contribution in [0.25, 0.3) is 0 Å². The maximum absolute atomic E-state index is 12.2. The molecule has 0 spiro atoms. The number of carbonyl (C=O) groups is 2. The van der Waals surface area contributed by atoms with Gasteiger partial charge in [-0.15, -0.1) is 0 Å². The molecule has 0 aromatic heterocycles. The van der Waals surface area contributed by atoms with Crippen molar-refractivity contribution < 1.29 is 23.1 Å². The van der Waals surface area contributed by atoms with Gasteiger partial charge in [0.05, 0.1) is 17.0 Å². The molecule has 0 saturated carbocycles. The minimum atomic E-state index is -3.83. The van der Waals surface area contributed by atoms with E-state index in [1.54, 1.807) is 13.8 Å². The van der Waals surface area contributed by atoms with Crippen molar-refractivity contribution in [1.82, 2.24) is 9.62 Å². The Hall–Kier alpha value is -1.93. The number of hydrogen-bond donors (Lipinski definition) is 2. The summed E-state index contributed by atoms with van der Waals surface area (Å²) in [7, 11) is -2.54. The van der Waals surface area contributed by atoms with Crippen LogP contribution in [0.15, 0.2) is 29.2 Å². The summed E-state index contributed by atoms with van der Waals surface area (Å²) in [6.07, 6.45) is 0. The largest absolute Gasteiger partial charge is 0.478 e. The van der Waals surface area contributed by atoms with E-state index in [4.69, 9.17) is 5.11 Å². The molecule has 7 nitrogen and oxygen atoms in total. The molecule has 1 aromatic carbocycles. The quantitative estimate of drug-likeness (QED) is 0.797. The molecule has 0 aliphatic heterocycles. The van der Waals surface area contributed by atoms with Gasteiger partial charge in [0, 0.05) is 13.1 Å². The Bertz CT molecular complexity index is 622. The van der Waals surface area contributed by atoms with Gasteiger partial charge in [0.2, 0.25) is 15.9 Å². The van der Waals surface area contributed by atoms with Crippen molar-refractivity contribution in [2.75, 3.05) is 13.6 Å².